The summed E-state index contributed by atoms with van der Waals surface area (Å²) in [6, 6.07) is 0. The van der Waals surface area contributed by atoms with Crippen molar-refractivity contribution in [2.75, 3.05) is 5.73 Å². The lowest BCUT2D eigenvalue weighted by atomic mass is 10.5. The fourth-order valence-electron chi connectivity index (χ4n) is 1.02. The first-order chi connectivity index (χ1) is 6.09. The molecular weight excluding hydrogens is 194 g/mol. The molecule has 0 aliphatic rings. The van der Waals surface area contributed by atoms with E-state index in [9.17, 15) is 9.59 Å². The number of aromatic nitrogens is 4. The highest BCUT2D eigenvalue weighted by atomic mass is 32.1. The number of nitrogens with one attached hydrogen (secondary N) is 2. The number of anilines is 1. The van der Waals surface area contributed by atoms with Crippen LogP contribution in [-0.2, 0) is 0 Å². The molecule has 68 valence electrons. The number of imidazole rings is 1. The van der Waals surface area contributed by atoms with Gasteiger partial charge in [-0.1, -0.05) is 12.8 Å². The predicted octanol–water partition coefficient (Wildman–Crippen LogP) is -1.31. The maximum Gasteiger partial charge on any atom is 0.337 e. The highest BCUT2D eigenvalue weighted by Crippen LogP contribution is 2.02. The molecular formula is C5H5N5O2S. The number of nitrogens with zero attached hydrogens (tertiary/aromatic N) is 2. The lowest BCUT2D eigenvalue weighted by Crippen LogP contribution is -2.14. The predicted molar refractivity (Wildman–Crippen MR) is 49.8 cm³/mol. The molecule has 0 amide bonds. The molecule has 0 spiro atoms. The third-order valence-electron chi connectivity index (χ3n) is 1.54. The maximum absolute atomic E-state index is 11.2. The molecule has 4 N–H and O–H groups in total. The first-order valence-corrected chi connectivity index (χ1v) is 3.69. The fraction of sp³-hybridized carbons (Fsp3) is 0. The van der Waals surface area contributed by atoms with Crippen LogP contribution < -0.4 is 17.0 Å². The van der Waals surface area contributed by atoms with Crippen molar-refractivity contribution in [2.24, 2.45) is 0 Å². The largest absolute Gasteiger partial charge is 0.369 e. The summed E-state index contributed by atoms with van der Waals surface area (Å²) >= 11 is 3.79. The van der Waals surface area contributed by atoms with E-state index in [2.05, 4.69) is 27.8 Å². The molecule has 2 aromatic heterocycles. The van der Waals surface area contributed by atoms with Gasteiger partial charge >= 0.3 is 5.69 Å². The fourth-order valence-corrected chi connectivity index (χ4v) is 1.26. The van der Waals surface area contributed by atoms with Crippen LogP contribution in [0.15, 0.2) is 9.59 Å². The Morgan fingerprint density at radius 1 is 1.38 bits per heavy atom. The third-order valence-corrected chi connectivity index (χ3v) is 1.92. The summed E-state index contributed by atoms with van der Waals surface area (Å²) in [6.07, 6.45) is 0. The SMILES string of the molecule is Nc1nc2[nH]c(=O)n(S)c2c(=O)[nH]1. The van der Waals surface area contributed by atoms with E-state index in [1.807, 2.05) is 0 Å². The Morgan fingerprint density at radius 2 is 2.08 bits per heavy atom. The molecule has 13 heavy (non-hydrogen) atoms. The second-order valence-electron chi connectivity index (χ2n) is 2.39. The normalized spacial score (nSPS) is 10.8. The van der Waals surface area contributed by atoms with Gasteiger partial charge in [0.05, 0.1) is 0 Å². The van der Waals surface area contributed by atoms with Crippen LogP contribution in [0.3, 0.4) is 0 Å². The molecule has 8 heteroatoms. The molecule has 7 nitrogen and oxygen atoms in total. The van der Waals surface area contributed by atoms with Crippen molar-refractivity contribution in [3.8, 4) is 0 Å². The molecule has 0 bridgehead atoms. The molecule has 2 aromatic rings. The molecule has 0 saturated carbocycles. The van der Waals surface area contributed by atoms with Gasteiger partial charge in [0.2, 0.25) is 5.95 Å². The Kier molecular flexibility index (Phi) is 1.46. The number of rotatable bonds is 0. The van der Waals surface area contributed by atoms with Crippen LogP contribution in [0.2, 0.25) is 0 Å². The van der Waals surface area contributed by atoms with Crippen LogP contribution in [0.25, 0.3) is 11.2 Å². The van der Waals surface area contributed by atoms with Gasteiger partial charge in [0.25, 0.3) is 5.56 Å². The van der Waals surface area contributed by atoms with Crippen LogP contribution >= 0.6 is 12.8 Å². The summed E-state index contributed by atoms with van der Waals surface area (Å²) in [5, 5.41) is 0. The average molecular weight is 199 g/mol. The number of nitrogens with two attached hydrogens (primary N) is 1. The summed E-state index contributed by atoms with van der Waals surface area (Å²) in [6.45, 7) is 0. The summed E-state index contributed by atoms with van der Waals surface area (Å²) in [5.74, 6) is -0.0484. The van der Waals surface area contributed by atoms with Gasteiger partial charge in [0.15, 0.2) is 11.2 Å². The minimum Gasteiger partial charge on any atom is -0.369 e. The van der Waals surface area contributed by atoms with Gasteiger partial charge in [-0.2, -0.15) is 4.98 Å². The molecule has 2 heterocycles. The van der Waals surface area contributed by atoms with Crippen LogP contribution in [-0.4, -0.2) is 18.9 Å². The summed E-state index contributed by atoms with van der Waals surface area (Å²) in [4.78, 5) is 30.5. The van der Waals surface area contributed by atoms with E-state index < -0.39 is 11.2 Å². The van der Waals surface area contributed by atoms with Gasteiger partial charge in [0.1, 0.15) is 0 Å². The van der Waals surface area contributed by atoms with Gasteiger partial charge in [-0.25, -0.2) is 8.77 Å². The number of H-pyrrole nitrogens is 2. The van der Waals surface area contributed by atoms with E-state index in [0.717, 1.165) is 3.97 Å². The molecule has 0 saturated heterocycles. The molecule has 2 rings (SSSR count). The molecule has 0 radical (unpaired) electrons. The number of hydrogen-bond donors (Lipinski definition) is 4. The van der Waals surface area contributed by atoms with E-state index in [4.69, 9.17) is 5.73 Å². The number of nitrogen functional groups attached to an aromatic ring is 1. The van der Waals surface area contributed by atoms with Crippen LogP contribution in [0, 0.1) is 0 Å². The van der Waals surface area contributed by atoms with Crippen molar-refractivity contribution >= 4 is 29.9 Å². The zero-order valence-electron chi connectivity index (χ0n) is 6.24. The first kappa shape index (κ1) is 7.92. The van der Waals surface area contributed by atoms with Crippen molar-refractivity contribution in [3.63, 3.8) is 0 Å². The highest BCUT2D eigenvalue weighted by molar-refractivity contribution is 7.78. The molecule has 0 aliphatic carbocycles. The number of thiol groups is 1. The lowest BCUT2D eigenvalue weighted by Gasteiger charge is -1.92. The molecule has 0 fully saturated rings. The van der Waals surface area contributed by atoms with Crippen LogP contribution in [0.5, 0.6) is 0 Å². The Morgan fingerprint density at radius 3 is 2.77 bits per heavy atom. The summed E-state index contributed by atoms with van der Waals surface area (Å²) in [5.41, 5.74) is 4.42. The maximum atomic E-state index is 11.2. The monoisotopic (exact) mass is 199 g/mol. The summed E-state index contributed by atoms with van der Waals surface area (Å²) in [7, 11) is 0. The minimum atomic E-state index is -0.526. The first-order valence-electron chi connectivity index (χ1n) is 3.29. The van der Waals surface area contributed by atoms with Crippen molar-refractivity contribution in [3.05, 3.63) is 20.8 Å². The minimum absolute atomic E-state index is 0.0484. The second-order valence-corrected chi connectivity index (χ2v) is 2.79. The summed E-state index contributed by atoms with van der Waals surface area (Å²) < 4.78 is 0.876. The quantitative estimate of drug-likeness (QED) is 0.395. The zero-order valence-corrected chi connectivity index (χ0v) is 7.13. The van der Waals surface area contributed by atoms with Crippen LogP contribution in [0.1, 0.15) is 0 Å². The van der Waals surface area contributed by atoms with Gasteiger partial charge in [-0.3, -0.25) is 14.8 Å². The Bertz CT molecular complexity index is 579. The number of aromatic amines is 2. The zero-order chi connectivity index (χ0) is 9.59. The number of hydrogen-bond acceptors (Lipinski definition) is 5. The Labute approximate surface area is 76.1 Å². The van der Waals surface area contributed by atoms with Crippen molar-refractivity contribution < 1.29 is 0 Å². The smallest absolute Gasteiger partial charge is 0.337 e. The van der Waals surface area contributed by atoms with E-state index >= 15 is 0 Å². The van der Waals surface area contributed by atoms with Gasteiger partial charge in [-0.15, -0.1) is 0 Å². The molecule has 0 aromatic carbocycles. The highest BCUT2D eigenvalue weighted by Gasteiger charge is 2.09. The average Bonchev–Trinajstić information content (AvgIpc) is 2.27. The van der Waals surface area contributed by atoms with Crippen molar-refractivity contribution in [1.29, 1.82) is 0 Å². The lowest BCUT2D eigenvalue weighted by molar-refractivity contribution is 1.15. The molecule has 0 aliphatic heterocycles. The molecule has 0 atom stereocenters. The number of fused-ring (bicyclic) bond motifs is 1. The van der Waals surface area contributed by atoms with Gasteiger partial charge in [0, 0.05) is 0 Å². The second kappa shape index (κ2) is 2.39. The van der Waals surface area contributed by atoms with Gasteiger partial charge < -0.3 is 5.73 Å². The van der Waals surface area contributed by atoms with Crippen molar-refractivity contribution in [2.45, 2.75) is 0 Å². The Hall–Kier alpha value is -1.70. The van der Waals surface area contributed by atoms with E-state index in [-0.39, 0.29) is 17.1 Å². The standard InChI is InChI=1S/C5H5N5O2S/c6-4-7-2-1(3(11)9-4)10(13)5(12)8-2/h13H,(H4,6,7,8,9,11,12). The third kappa shape index (κ3) is 1.03. The van der Waals surface area contributed by atoms with E-state index in [1.54, 1.807) is 0 Å². The van der Waals surface area contributed by atoms with Gasteiger partial charge in [-0.05, 0) is 0 Å². The van der Waals surface area contributed by atoms with E-state index in [0.29, 0.717) is 0 Å². The van der Waals surface area contributed by atoms with E-state index in [1.165, 1.54) is 0 Å². The topological polar surface area (TPSA) is 110 Å². The molecule has 0 unspecified atom stereocenters. The van der Waals surface area contributed by atoms with Crippen molar-refractivity contribution in [1.82, 2.24) is 18.9 Å². The Balaban J connectivity index is 3.12. The van der Waals surface area contributed by atoms with Crippen LogP contribution in [0.4, 0.5) is 5.95 Å².